The van der Waals surface area contributed by atoms with E-state index in [-0.39, 0.29) is 0 Å². The molecule has 1 aromatic carbocycles. The fourth-order valence-electron chi connectivity index (χ4n) is 2.52. The first-order valence-electron chi connectivity index (χ1n) is 6.58. The number of fused-ring (bicyclic) bond motifs is 1. The zero-order chi connectivity index (χ0) is 13.8. The molecule has 1 aromatic rings. The molecule has 0 amide bonds. The lowest BCUT2D eigenvalue weighted by atomic mass is 9.98. The third-order valence-corrected chi connectivity index (χ3v) is 3.50. The van der Waals surface area contributed by atoms with Crippen molar-refractivity contribution in [1.82, 2.24) is 4.90 Å². The number of rotatable bonds is 5. The molecule has 0 saturated carbocycles. The van der Waals surface area contributed by atoms with Crippen LogP contribution in [0.2, 0.25) is 0 Å². The second-order valence-electron chi connectivity index (χ2n) is 5.03. The first kappa shape index (κ1) is 14.2. The molecule has 1 aliphatic heterocycles. The fourth-order valence-corrected chi connectivity index (χ4v) is 2.52. The van der Waals surface area contributed by atoms with E-state index in [1.165, 1.54) is 6.07 Å². The molecular weight excluding hydrogens is 248 g/mol. The van der Waals surface area contributed by atoms with E-state index in [0.717, 1.165) is 12.5 Å². The van der Waals surface area contributed by atoms with Crippen LogP contribution in [0.5, 0.6) is 0 Å². The van der Waals surface area contributed by atoms with Crippen LogP contribution >= 0.6 is 0 Å². The maximum Gasteiger partial charge on any atom is 0.129 e. The van der Waals surface area contributed by atoms with E-state index < -0.39 is 17.7 Å². The van der Waals surface area contributed by atoms with Crippen molar-refractivity contribution in [2.45, 2.75) is 31.9 Å². The third-order valence-electron chi connectivity index (χ3n) is 3.50. The van der Waals surface area contributed by atoms with Gasteiger partial charge in [0.25, 0.3) is 0 Å². The molecular formula is C15H19F2NO. The highest BCUT2D eigenvalue weighted by atomic mass is 19.1. The zero-order valence-corrected chi connectivity index (χ0v) is 10.9. The Labute approximate surface area is 112 Å². The Balaban J connectivity index is 1.99. The molecule has 104 valence electrons. The minimum Gasteiger partial charge on any atom is -0.392 e. The Morgan fingerprint density at radius 1 is 1.42 bits per heavy atom. The molecule has 1 N–H and O–H groups in total. The van der Waals surface area contributed by atoms with Crippen LogP contribution in [-0.2, 0) is 13.0 Å². The van der Waals surface area contributed by atoms with Gasteiger partial charge in [0.1, 0.15) is 11.6 Å². The maximum absolute atomic E-state index is 13.6. The van der Waals surface area contributed by atoms with Gasteiger partial charge in [0, 0.05) is 25.7 Å². The second-order valence-corrected chi connectivity index (χ2v) is 5.03. The molecule has 1 unspecified atom stereocenters. The number of aliphatic hydroxyl groups is 1. The van der Waals surface area contributed by atoms with E-state index in [1.807, 2.05) is 4.90 Å². The lowest BCUT2D eigenvalue weighted by Gasteiger charge is -2.30. The summed E-state index contributed by atoms with van der Waals surface area (Å²) in [6, 6.07) is 2.33. The van der Waals surface area contributed by atoms with Crippen LogP contribution in [0.25, 0.3) is 0 Å². The van der Waals surface area contributed by atoms with Gasteiger partial charge in [-0.1, -0.05) is 6.08 Å². The number of allylic oxidation sites excluding steroid dienone is 1. The number of halogens is 2. The topological polar surface area (TPSA) is 23.5 Å². The first-order chi connectivity index (χ1) is 9.10. The number of hydrogen-bond acceptors (Lipinski definition) is 2. The standard InChI is InChI=1S/C15H19F2NO/c1-2-3-4-13(19)10-18-6-5-14-11(9-18)7-12(16)8-15(14)17/h2,7-8,13,19H,1,3-6,9-10H2. The minimum absolute atomic E-state index is 0.419. The number of nitrogens with zero attached hydrogens (tertiary/aromatic N) is 1. The van der Waals surface area contributed by atoms with Crippen molar-refractivity contribution in [3.8, 4) is 0 Å². The number of hydrogen-bond donors (Lipinski definition) is 1. The number of aliphatic hydroxyl groups excluding tert-OH is 1. The van der Waals surface area contributed by atoms with E-state index in [4.69, 9.17) is 0 Å². The lowest BCUT2D eigenvalue weighted by Crippen LogP contribution is -2.37. The van der Waals surface area contributed by atoms with Crippen molar-refractivity contribution in [3.05, 3.63) is 47.5 Å². The van der Waals surface area contributed by atoms with E-state index in [9.17, 15) is 13.9 Å². The molecule has 0 aromatic heterocycles. The Kier molecular flexibility index (Phi) is 4.66. The smallest absolute Gasteiger partial charge is 0.129 e. The van der Waals surface area contributed by atoms with Gasteiger partial charge in [0.2, 0.25) is 0 Å². The third kappa shape index (κ3) is 3.61. The molecule has 0 spiro atoms. The Morgan fingerprint density at radius 3 is 2.95 bits per heavy atom. The molecule has 19 heavy (non-hydrogen) atoms. The average Bonchev–Trinajstić information content (AvgIpc) is 2.35. The molecule has 4 heteroatoms. The first-order valence-corrected chi connectivity index (χ1v) is 6.58. The average molecular weight is 267 g/mol. The molecule has 0 saturated heterocycles. The zero-order valence-electron chi connectivity index (χ0n) is 10.9. The van der Waals surface area contributed by atoms with Gasteiger partial charge in [-0.05, 0) is 36.5 Å². The van der Waals surface area contributed by atoms with Crippen LogP contribution in [-0.4, -0.2) is 29.2 Å². The minimum atomic E-state index is -0.537. The molecule has 2 nitrogen and oxygen atoms in total. The normalized spacial score (nSPS) is 17.0. The summed E-state index contributed by atoms with van der Waals surface area (Å²) in [6.07, 6.45) is 3.37. The van der Waals surface area contributed by atoms with E-state index in [2.05, 4.69) is 6.58 Å². The quantitative estimate of drug-likeness (QED) is 0.829. The highest BCUT2D eigenvalue weighted by Gasteiger charge is 2.21. The predicted molar refractivity (Wildman–Crippen MR) is 70.8 cm³/mol. The Morgan fingerprint density at radius 2 is 2.21 bits per heavy atom. The monoisotopic (exact) mass is 267 g/mol. The molecule has 0 aliphatic carbocycles. The lowest BCUT2D eigenvalue weighted by molar-refractivity contribution is 0.0990. The van der Waals surface area contributed by atoms with Gasteiger partial charge in [-0.2, -0.15) is 0 Å². The summed E-state index contributed by atoms with van der Waals surface area (Å²) in [6.45, 7) is 5.34. The molecule has 1 aliphatic rings. The second kappa shape index (κ2) is 6.26. The van der Waals surface area contributed by atoms with Crippen molar-refractivity contribution in [2.24, 2.45) is 0 Å². The Bertz CT molecular complexity index is 462. The molecule has 0 bridgehead atoms. The Hall–Kier alpha value is -1.26. The summed E-state index contributed by atoms with van der Waals surface area (Å²) in [7, 11) is 0. The van der Waals surface area contributed by atoms with Crippen LogP contribution in [0.3, 0.4) is 0 Å². The van der Waals surface area contributed by atoms with Crippen LogP contribution in [0.4, 0.5) is 8.78 Å². The summed E-state index contributed by atoms with van der Waals surface area (Å²) in [5.74, 6) is -0.993. The molecule has 2 rings (SSSR count). The van der Waals surface area contributed by atoms with E-state index in [1.54, 1.807) is 6.08 Å². The van der Waals surface area contributed by atoms with Crippen molar-refractivity contribution in [1.29, 1.82) is 0 Å². The van der Waals surface area contributed by atoms with Crippen molar-refractivity contribution >= 4 is 0 Å². The summed E-state index contributed by atoms with van der Waals surface area (Å²) in [4.78, 5) is 2.04. The van der Waals surface area contributed by atoms with Gasteiger partial charge >= 0.3 is 0 Å². The highest BCUT2D eigenvalue weighted by Crippen LogP contribution is 2.23. The van der Waals surface area contributed by atoms with Crippen LogP contribution in [0.15, 0.2) is 24.8 Å². The summed E-state index contributed by atoms with van der Waals surface area (Å²) >= 11 is 0. The summed E-state index contributed by atoms with van der Waals surface area (Å²) in [5.41, 5.74) is 1.30. The highest BCUT2D eigenvalue weighted by molar-refractivity contribution is 5.31. The largest absolute Gasteiger partial charge is 0.392 e. The molecule has 1 heterocycles. The fraction of sp³-hybridized carbons (Fsp3) is 0.467. The SMILES string of the molecule is C=CCCC(O)CN1CCc2c(F)cc(F)cc2C1. The van der Waals surface area contributed by atoms with Crippen molar-refractivity contribution in [3.63, 3.8) is 0 Å². The van der Waals surface area contributed by atoms with Crippen molar-refractivity contribution < 1.29 is 13.9 Å². The van der Waals surface area contributed by atoms with Crippen molar-refractivity contribution in [2.75, 3.05) is 13.1 Å². The van der Waals surface area contributed by atoms with Gasteiger partial charge in [-0.15, -0.1) is 6.58 Å². The number of benzene rings is 1. The van der Waals surface area contributed by atoms with E-state index in [0.29, 0.717) is 43.6 Å². The molecule has 0 radical (unpaired) electrons. The predicted octanol–water partition coefficient (Wildman–Crippen LogP) is 2.65. The molecule has 1 atom stereocenters. The van der Waals surface area contributed by atoms with Gasteiger partial charge in [-0.25, -0.2) is 8.78 Å². The van der Waals surface area contributed by atoms with Crippen LogP contribution < -0.4 is 0 Å². The van der Waals surface area contributed by atoms with E-state index >= 15 is 0 Å². The van der Waals surface area contributed by atoms with Gasteiger partial charge in [-0.3, -0.25) is 4.90 Å². The summed E-state index contributed by atoms with van der Waals surface area (Å²) < 4.78 is 26.8. The van der Waals surface area contributed by atoms with Gasteiger partial charge in [0.15, 0.2) is 0 Å². The van der Waals surface area contributed by atoms with Crippen LogP contribution in [0, 0.1) is 11.6 Å². The van der Waals surface area contributed by atoms with Gasteiger partial charge in [0.05, 0.1) is 6.10 Å². The van der Waals surface area contributed by atoms with Crippen LogP contribution in [0.1, 0.15) is 24.0 Å². The molecule has 0 fully saturated rings. The number of β-amino-alcohol motifs (C(OH)–C–C–N with tert-alkyl or cyclic N) is 1. The maximum atomic E-state index is 13.6. The van der Waals surface area contributed by atoms with Gasteiger partial charge < -0.3 is 5.11 Å². The summed E-state index contributed by atoms with van der Waals surface area (Å²) in [5, 5.41) is 9.85.